The number of carbonyl (C=O) groups excluding carboxylic acids is 3. The third kappa shape index (κ3) is 3.66. The number of rotatable bonds is 5. The van der Waals surface area contributed by atoms with E-state index in [4.69, 9.17) is 9.84 Å². The van der Waals surface area contributed by atoms with E-state index in [1.165, 1.54) is 5.57 Å². The number of carboxylic acids is 1. The Hall–Kier alpha value is -1.98. The fraction of sp³-hybridized carbons (Fsp3) is 0.760. The molecule has 0 bridgehead atoms. The highest BCUT2D eigenvalue weighted by atomic mass is 16.5. The predicted molar refractivity (Wildman–Crippen MR) is 113 cm³/mol. The Balaban J connectivity index is 1.70. The largest absolute Gasteiger partial charge is 0.481 e. The number of ketones is 2. The zero-order chi connectivity index (χ0) is 22.6. The molecule has 0 aromatic rings. The van der Waals surface area contributed by atoms with Crippen molar-refractivity contribution in [2.75, 3.05) is 0 Å². The number of esters is 1. The lowest BCUT2D eigenvalue weighted by Gasteiger charge is -2.60. The fourth-order valence-corrected chi connectivity index (χ4v) is 7.87. The van der Waals surface area contributed by atoms with Crippen LogP contribution in [0.4, 0.5) is 0 Å². The lowest BCUT2D eigenvalue weighted by molar-refractivity contribution is -0.178. The van der Waals surface area contributed by atoms with Crippen LogP contribution in [0.25, 0.3) is 0 Å². The standard InChI is InChI=1S/C25H34O6/c1-14(26)18-6-7-19-17-5-4-15-12-16(27)10-11-24(15,2)23(17)20(13-25(18,19)3)31-22(30)9-8-21(28)29/h12,17-20,23H,4-11,13H2,1-3H3,(H,28,29)/t17-,18-,19+,20+,23-,24-,25+/m0/s1. The molecule has 0 unspecified atom stereocenters. The Morgan fingerprint density at radius 2 is 1.87 bits per heavy atom. The van der Waals surface area contributed by atoms with Crippen LogP contribution in [0.1, 0.15) is 78.6 Å². The number of allylic oxidation sites excluding steroid dienone is 1. The van der Waals surface area contributed by atoms with E-state index in [1.54, 1.807) is 6.92 Å². The van der Waals surface area contributed by atoms with Gasteiger partial charge < -0.3 is 9.84 Å². The van der Waals surface area contributed by atoms with Gasteiger partial charge in [-0.1, -0.05) is 19.4 Å². The number of hydrogen-bond donors (Lipinski definition) is 1. The summed E-state index contributed by atoms with van der Waals surface area (Å²) in [7, 11) is 0. The Morgan fingerprint density at radius 3 is 2.55 bits per heavy atom. The van der Waals surface area contributed by atoms with Crippen LogP contribution in [0, 0.1) is 34.5 Å². The van der Waals surface area contributed by atoms with Gasteiger partial charge in [-0.3, -0.25) is 19.2 Å². The minimum absolute atomic E-state index is 0.0173. The first-order valence-electron chi connectivity index (χ1n) is 11.7. The molecule has 0 aliphatic heterocycles. The highest BCUT2D eigenvalue weighted by molar-refractivity contribution is 5.91. The Bertz CT molecular complexity index is 843. The molecule has 0 spiro atoms. The molecule has 1 N–H and O–H groups in total. The number of ether oxygens (including phenoxy) is 1. The molecular weight excluding hydrogens is 396 g/mol. The lowest BCUT2D eigenvalue weighted by atomic mass is 9.46. The smallest absolute Gasteiger partial charge is 0.306 e. The van der Waals surface area contributed by atoms with Crippen molar-refractivity contribution in [2.45, 2.75) is 84.7 Å². The van der Waals surface area contributed by atoms with Crippen LogP contribution in [0.15, 0.2) is 11.6 Å². The molecule has 0 saturated heterocycles. The fourth-order valence-electron chi connectivity index (χ4n) is 7.87. The van der Waals surface area contributed by atoms with E-state index in [9.17, 15) is 19.2 Å². The molecule has 170 valence electrons. The van der Waals surface area contributed by atoms with Crippen LogP contribution in [-0.2, 0) is 23.9 Å². The van der Waals surface area contributed by atoms with Gasteiger partial charge in [-0.15, -0.1) is 0 Å². The molecule has 4 aliphatic rings. The second-order valence-corrected chi connectivity index (χ2v) is 10.8. The molecule has 0 aromatic carbocycles. The van der Waals surface area contributed by atoms with Gasteiger partial charge in [0.1, 0.15) is 11.9 Å². The zero-order valence-electron chi connectivity index (χ0n) is 18.8. The van der Waals surface area contributed by atoms with Crippen LogP contribution in [0.5, 0.6) is 0 Å². The minimum atomic E-state index is -1.02. The molecule has 4 aliphatic carbocycles. The minimum Gasteiger partial charge on any atom is -0.481 e. The van der Waals surface area contributed by atoms with Crippen molar-refractivity contribution in [2.24, 2.45) is 34.5 Å². The second-order valence-electron chi connectivity index (χ2n) is 10.8. The van der Waals surface area contributed by atoms with E-state index in [1.807, 2.05) is 6.08 Å². The summed E-state index contributed by atoms with van der Waals surface area (Å²) >= 11 is 0. The number of hydrogen-bond acceptors (Lipinski definition) is 5. The van der Waals surface area contributed by atoms with E-state index in [0.717, 1.165) is 32.1 Å². The molecular formula is C25H34O6. The molecule has 4 rings (SSSR count). The van der Waals surface area contributed by atoms with Gasteiger partial charge in [0.05, 0.1) is 12.8 Å². The second kappa shape index (κ2) is 7.86. The highest BCUT2D eigenvalue weighted by Gasteiger charge is 2.63. The molecule has 31 heavy (non-hydrogen) atoms. The molecule has 7 atom stereocenters. The van der Waals surface area contributed by atoms with Crippen LogP contribution in [0.2, 0.25) is 0 Å². The first kappa shape index (κ1) is 22.2. The van der Waals surface area contributed by atoms with Gasteiger partial charge in [0.25, 0.3) is 0 Å². The van der Waals surface area contributed by atoms with Gasteiger partial charge in [0.2, 0.25) is 0 Å². The summed E-state index contributed by atoms with van der Waals surface area (Å²) in [5, 5.41) is 8.95. The predicted octanol–water partition coefficient (Wildman–Crippen LogP) is 4.11. The number of fused-ring (bicyclic) bond motifs is 5. The molecule has 0 aromatic heterocycles. The van der Waals surface area contributed by atoms with Crippen molar-refractivity contribution in [3.8, 4) is 0 Å². The third-order valence-electron chi connectivity index (χ3n) is 9.19. The first-order valence-corrected chi connectivity index (χ1v) is 11.7. The van der Waals surface area contributed by atoms with Gasteiger partial charge in [-0.05, 0) is 74.2 Å². The summed E-state index contributed by atoms with van der Waals surface area (Å²) < 4.78 is 6.03. The Kier molecular flexibility index (Phi) is 5.63. The van der Waals surface area contributed by atoms with Crippen LogP contribution < -0.4 is 0 Å². The maximum Gasteiger partial charge on any atom is 0.306 e. The average molecular weight is 431 g/mol. The Labute approximate surface area is 183 Å². The van der Waals surface area contributed by atoms with E-state index in [0.29, 0.717) is 24.7 Å². The van der Waals surface area contributed by atoms with Crippen molar-refractivity contribution >= 4 is 23.5 Å². The summed E-state index contributed by atoms with van der Waals surface area (Å²) in [5.41, 5.74) is 0.790. The van der Waals surface area contributed by atoms with Crippen molar-refractivity contribution in [1.29, 1.82) is 0 Å². The van der Waals surface area contributed by atoms with Gasteiger partial charge in [0.15, 0.2) is 5.78 Å². The monoisotopic (exact) mass is 430 g/mol. The maximum absolute atomic E-state index is 12.6. The van der Waals surface area contributed by atoms with Crippen LogP contribution in [0.3, 0.4) is 0 Å². The Morgan fingerprint density at radius 1 is 1.13 bits per heavy atom. The highest BCUT2D eigenvalue weighted by Crippen LogP contribution is 2.67. The van der Waals surface area contributed by atoms with Crippen molar-refractivity contribution in [3.05, 3.63) is 11.6 Å². The van der Waals surface area contributed by atoms with Gasteiger partial charge in [-0.25, -0.2) is 0 Å². The number of Topliss-reactive ketones (excluding diaryl/α,β-unsaturated/α-hetero) is 1. The lowest BCUT2D eigenvalue weighted by Crippen LogP contribution is -2.58. The number of aliphatic carboxylic acids is 1. The van der Waals surface area contributed by atoms with Crippen molar-refractivity contribution < 1.29 is 29.0 Å². The number of carbonyl (C=O) groups is 4. The zero-order valence-corrected chi connectivity index (χ0v) is 18.8. The summed E-state index contributed by atoms with van der Waals surface area (Å²) in [6.07, 6.45) is 6.75. The quantitative estimate of drug-likeness (QED) is 0.659. The van der Waals surface area contributed by atoms with Crippen molar-refractivity contribution in [1.82, 2.24) is 0 Å². The van der Waals surface area contributed by atoms with Gasteiger partial charge >= 0.3 is 11.9 Å². The molecule has 6 nitrogen and oxygen atoms in total. The molecule has 0 heterocycles. The summed E-state index contributed by atoms with van der Waals surface area (Å²) in [4.78, 5) is 48.1. The first-order chi connectivity index (χ1) is 14.6. The molecule has 3 fully saturated rings. The maximum atomic E-state index is 12.6. The molecule has 6 heteroatoms. The van der Waals surface area contributed by atoms with E-state index < -0.39 is 11.9 Å². The van der Waals surface area contributed by atoms with E-state index >= 15 is 0 Å². The van der Waals surface area contributed by atoms with E-state index in [-0.39, 0.29) is 53.2 Å². The number of carboxylic acid groups (broad SMARTS) is 1. The molecule has 3 saturated carbocycles. The topological polar surface area (TPSA) is 97.7 Å². The van der Waals surface area contributed by atoms with E-state index in [2.05, 4.69) is 13.8 Å². The van der Waals surface area contributed by atoms with Crippen molar-refractivity contribution in [3.63, 3.8) is 0 Å². The summed E-state index contributed by atoms with van der Waals surface area (Å²) in [6, 6.07) is 0. The normalized spacial score (nSPS) is 41.5. The molecule has 0 radical (unpaired) electrons. The molecule has 0 amide bonds. The van der Waals surface area contributed by atoms with Crippen LogP contribution >= 0.6 is 0 Å². The van der Waals surface area contributed by atoms with Gasteiger partial charge in [-0.2, -0.15) is 0 Å². The third-order valence-corrected chi connectivity index (χ3v) is 9.19. The SMILES string of the molecule is CC(=O)[C@@H]1CC[C@@H]2[C@@H]3CCC4=CC(=O)CC[C@]4(C)[C@@H]3[C@H](OC(=O)CCC(=O)O)C[C@@]21C. The summed E-state index contributed by atoms with van der Waals surface area (Å²) in [5.74, 6) is -0.248. The van der Waals surface area contributed by atoms with Gasteiger partial charge in [0, 0.05) is 18.3 Å². The summed E-state index contributed by atoms with van der Waals surface area (Å²) in [6.45, 7) is 6.09. The van der Waals surface area contributed by atoms with Crippen LogP contribution in [-0.4, -0.2) is 34.7 Å². The average Bonchev–Trinajstić information content (AvgIpc) is 3.03.